The highest BCUT2D eigenvalue weighted by Gasteiger charge is 2.41. The van der Waals surface area contributed by atoms with Crippen LogP contribution in [0.1, 0.15) is 49.3 Å². The number of nitrogens with one attached hydrogen (secondary N) is 1. The molecule has 4 nitrogen and oxygen atoms in total. The van der Waals surface area contributed by atoms with Crippen LogP contribution in [-0.2, 0) is 0 Å². The van der Waals surface area contributed by atoms with Gasteiger partial charge in [-0.1, -0.05) is 12.1 Å². The van der Waals surface area contributed by atoms with E-state index in [4.69, 9.17) is 4.52 Å². The highest BCUT2D eigenvalue weighted by Crippen LogP contribution is 2.45. The maximum absolute atomic E-state index is 15.3. The van der Waals surface area contributed by atoms with Gasteiger partial charge in [0, 0.05) is 22.7 Å². The molecule has 0 bridgehead atoms. The van der Waals surface area contributed by atoms with E-state index in [-0.39, 0.29) is 11.7 Å². The van der Waals surface area contributed by atoms with Crippen molar-refractivity contribution in [2.75, 3.05) is 5.32 Å². The third-order valence-electron chi connectivity index (χ3n) is 4.92. The molecule has 1 aliphatic heterocycles. The van der Waals surface area contributed by atoms with Crippen LogP contribution in [0.5, 0.6) is 0 Å². The monoisotopic (exact) mass is 318 g/mol. The van der Waals surface area contributed by atoms with Crippen molar-refractivity contribution in [2.24, 2.45) is 0 Å². The van der Waals surface area contributed by atoms with Crippen molar-refractivity contribution in [3.05, 3.63) is 34.5 Å². The van der Waals surface area contributed by atoms with Crippen molar-refractivity contribution in [3.63, 3.8) is 0 Å². The Morgan fingerprint density at radius 1 is 1.30 bits per heavy atom. The van der Waals surface area contributed by atoms with E-state index in [2.05, 4.69) is 10.5 Å². The van der Waals surface area contributed by atoms with E-state index in [1.165, 1.54) is 0 Å². The Morgan fingerprint density at radius 3 is 2.52 bits per heavy atom. The number of fused-ring (bicyclic) bond motifs is 1. The number of aryl methyl sites for hydroxylation is 3. The summed E-state index contributed by atoms with van der Waals surface area (Å²) in [5, 5.41) is 17.8. The van der Waals surface area contributed by atoms with Crippen molar-refractivity contribution in [1.29, 1.82) is 0 Å². The molecule has 0 saturated heterocycles. The van der Waals surface area contributed by atoms with Gasteiger partial charge in [-0.3, -0.25) is 0 Å². The smallest absolute Gasteiger partial charge is 0.141 e. The minimum atomic E-state index is -0.677. The summed E-state index contributed by atoms with van der Waals surface area (Å²) in [5.41, 5.74) is 3.60. The van der Waals surface area contributed by atoms with E-state index in [0.717, 1.165) is 11.3 Å². The first-order valence-corrected chi connectivity index (χ1v) is 7.87. The van der Waals surface area contributed by atoms with Crippen LogP contribution in [0.25, 0.3) is 11.1 Å². The molecular weight excluding hydrogens is 295 g/mol. The van der Waals surface area contributed by atoms with E-state index >= 15 is 4.39 Å². The SMILES string of the molecule is Cc1cc(-c2c(C)noc2C)c(F)c2c1NC(C)(C)C(O)C2C. The van der Waals surface area contributed by atoms with Gasteiger partial charge < -0.3 is 14.9 Å². The van der Waals surface area contributed by atoms with Gasteiger partial charge in [0.05, 0.1) is 22.9 Å². The molecule has 1 aromatic carbocycles. The molecule has 2 aromatic rings. The van der Waals surface area contributed by atoms with Gasteiger partial charge in [0.1, 0.15) is 11.6 Å². The number of benzene rings is 1. The summed E-state index contributed by atoms with van der Waals surface area (Å²) < 4.78 is 20.5. The molecule has 0 saturated carbocycles. The van der Waals surface area contributed by atoms with Gasteiger partial charge in [-0.15, -0.1) is 0 Å². The van der Waals surface area contributed by atoms with E-state index < -0.39 is 11.6 Å². The van der Waals surface area contributed by atoms with E-state index in [9.17, 15) is 5.11 Å². The van der Waals surface area contributed by atoms with Gasteiger partial charge in [0.25, 0.3) is 0 Å². The summed E-state index contributed by atoms with van der Waals surface area (Å²) in [4.78, 5) is 0. The van der Waals surface area contributed by atoms with Crippen LogP contribution in [0.15, 0.2) is 10.6 Å². The molecule has 0 fully saturated rings. The molecule has 124 valence electrons. The van der Waals surface area contributed by atoms with Gasteiger partial charge in [-0.25, -0.2) is 4.39 Å². The fourth-order valence-electron chi connectivity index (χ4n) is 3.64. The maximum Gasteiger partial charge on any atom is 0.141 e. The number of hydrogen-bond acceptors (Lipinski definition) is 4. The predicted molar refractivity (Wildman–Crippen MR) is 88.2 cm³/mol. The van der Waals surface area contributed by atoms with Crippen molar-refractivity contribution in [3.8, 4) is 11.1 Å². The van der Waals surface area contributed by atoms with Crippen molar-refractivity contribution in [2.45, 2.75) is 59.1 Å². The molecule has 2 unspecified atom stereocenters. The molecular formula is C18H23FN2O2. The first-order valence-electron chi connectivity index (χ1n) is 7.87. The lowest BCUT2D eigenvalue weighted by Gasteiger charge is -2.43. The number of halogens is 1. The molecule has 23 heavy (non-hydrogen) atoms. The number of nitrogens with zero attached hydrogens (tertiary/aromatic N) is 1. The zero-order chi connectivity index (χ0) is 17.1. The first-order chi connectivity index (χ1) is 10.6. The largest absolute Gasteiger partial charge is 0.390 e. The molecule has 0 aliphatic carbocycles. The number of aliphatic hydroxyl groups excluding tert-OH is 1. The average Bonchev–Trinajstić information content (AvgIpc) is 2.79. The van der Waals surface area contributed by atoms with Crippen LogP contribution < -0.4 is 5.32 Å². The second-order valence-electron chi connectivity index (χ2n) is 7.12. The highest BCUT2D eigenvalue weighted by atomic mass is 19.1. The highest BCUT2D eigenvalue weighted by molar-refractivity contribution is 5.76. The zero-order valence-corrected chi connectivity index (χ0v) is 14.4. The molecule has 0 amide bonds. The van der Waals surface area contributed by atoms with Crippen LogP contribution in [0.4, 0.5) is 10.1 Å². The number of aliphatic hydroxyl groups is 1. The Bertz CT molecular complexity index is 760. The second kappa shape index (κ2) is 5.06. The maximum atomic E-state index is 15.3. The third kappa shape index (κ3) is 2.26. The minimum absolute atomic E-state index is 0.305. The van der Waals surface area contributed by atoms with E-state index in [0.29, 0.717) is 28.1 Å². The normalized spacial score (nSPS) is 22.6. The summed E-state index contributed by atoms with van der Waals surface area (Å²) in [6, 6.07) is 1.83. The quantitative estimate of drug-likeness (QED) is 0.832. The Morgan fingerprint density at radius 2 is 1.96 bits per heavy atom. The van der Waals surface area contributed by atoms with Gasteiger partial charge in [-0.2, -0.15) is 0 Å². The third-order valence-corrected chi connectivity index (χ3v) is 4.92. The molecule has 3 rings (SSSR count). The van der Waals surface area contributed by atoms with Crippen LogP contribution >= 0.6 is 0 Å². The fraction of sp³-hybridized carbons (Fsp3) is 0.500. The number of anilines is 1. The van der Waals surface area contributed by atoms with Crippen LogP contribution in [0.3, 0.4) is 0 Å². The van der Waals surface area contributed by atoms with Gasteiger partial charge >= 0.3 is 0 Å². The topological polar surface area (TPSA) is 58.3 Å². The van der Waals surface area contributed by atoms with Crippen molar-refractivity contribution < 1.29 is 14.0 Å². The number of aromatic nitrogens is 1. The Hall–Kier alpha value is -1.88. The molecule has 2 heterocycles. The van der Waals surface area contributed by atoms with Crippen LogP contribution in [0.2, 0.25) is 0 Å². The van der Waals surface area contributed by atoms with Crippen LogP contribution in [-0.4, -0.2) is 21.9 Å². The molecule has 2 atom stereocenters. The van der Waals surface area contributed by atoms with Crippen molar-refractivity contribution >= 4 is 5.69 Å². The van der Waals surface area contributed by atoms with Gasteiger partial charge in [0.15, 0.2) is 0 Å². The standard InChI is InChI=1S/C18H23FN2O2/c1-8-7-12(14-10(3)21-23-11(14)4)15(19)13-9(2)17(22)18(5,6)20-16(8)13/h7,9,17,20,22H,1-6H3. The van der Waals surface area contributed by atoms with Gasteiger partial charge in [-0.05, 0) is 46.2 Å². The van der Waals surface area contributed by atoms with Crippen molar-refractivity contribution in [1.82, 2.24) is 5.16 Å². The Labute approximate surface area is 135 Å². The summed E-state index contributed by atoms with van der Waals surface area (Å²) in [6.07, 6.45) is -0.677. The Kier molecular flexibility index (Phi) is 3.52. The molecule has 1 aliphatic rings. The molecule has 0 radical (unpaired) electrons. The number of hydrogen-bond donors (Lipinski definition) is 2. The lowest BCUT2D eigenvalue weighted by atomic mass is 9.77. The van der Waals surface area contributed by atoms with E-state index in [1.54, 1.807) is 13.8 Å². The molecule has 2 N–H and O–H groups in total. The molecule has 5 heteroatoms. The van der Waals surface area contributed by atoms with E-state index in [1.807, 2.05) is 33.8 Å². The summed E-state index contributed by atoms with van der Waals surface area (Å²) in [6.45, 7) is 11.3. The lowest BCUT2D eigenvalue weighted by Crippen LogP contribution is -2.50. The Balaban J connectivity index is 2.28. The summed E-state index contributed by atoms with van der Waals surface area (Å²) in [7, 11) is 0. The summed E-state index contributed by atoms with van der Waals surface area (Å²) in [5.74, 6) is -0.0204. The second-order valence-corrected chi connectivity index (χ2v) is 7.12. The molecule has 0 spiro atoms. The summed E-state index contributed by atoms with van der Waals surface area (Å²) >= 11 is 0. The molecule has 1 aromatic heterocycles. The predicted octanol–water partition coefficient (Wildman–Crippen LogP) is 4.07. The lowest BCUT2D eigenvalue weighted by molar-refractivity contribution is 0.0855. The van der Waals surface area contributed by atoms with Gasteiger partial charge in [0.2, 0.25) is 0 Å². The number of rotatable bonds is 1. The van der Waals surface area contributed by atoms with Crippen LogP contribution in [0, 0.1) is 26.6 Å². The first kappa shape index (κ1) is 16.0. The fourth-order valence-corrected chi connectivity index (χ4v) is 3.64. The average molecular weight is 318 g/mol. The zero-order valence-electron chi connectivity index (χ0n) is 14.4. The minimum Gasteiger partial charge on any atom is -0.390 e.